The van der Waals surface area contributed by atoms with E-state index < -0.39 is 0 Å². The molecular formula is C13H20N2O. The van der Waals surface area contributed by atoms with E-state index in [0.29, 0.717) is 18.8 Å². The van der Waals surface area contributed by atoms with Gasteiger partial charge in [0.2, 0.25) is 5.91 Å². The van der Waals surface area contributed by atoms with E-state index in [4.69, 9.17) is 0 Å². The number of carbonyl (C=O) groups is 1. The number of nitrogens with one attached hydrogen (secondary N) is 1. The monoisotopic (exact) mass is 220 g/mol. The first kappa shape index (κ1) is 12.7. The van der Waals surface area contributed by atoms with E-state index in [1.807, 2.05) is 18.2 Å². The smallest absolute Gasteiger partial charge is 0.220 e. The van der Waals surface area contributed by atoms with Crippen LogP contribution in [0.25, 0.3) is 0 Å². The van der Waals surface area contributed by atoms with E-state index in [1.54, 1.807) is 6.20 Å². The molecule has 0 fully saturated rings. The average Bonchev–Trinajstić information content (AvgIpc) is 2.27. The first-order valence-corrected chi connectivity index (χ1v) is 5.85. The van der Waals surface area contributed by atoms with Gasteiger partial charge in [-0.3, -0.25) is 9.78 Å². The lowest BCUT2D eigenvalue weighted by atomic mass is 10.1. The molecule has 1 N–H and O–H groups in total. The molecule has 0 aliphatic heterocycles. The second-order valence-corrected chi connectivity index (χ2v) is 4.35. The van der Waals surface area contributed by atoms with Crippen LogP contribution in [0.3, 0.4) is 0 Å². The van der Waals surface area contributed by atoms with Crippen molar-refractivity contribution in [1.82, 2.24) is 10.3 Å². The Labute approximate surface area is 97.3 Å². The number of rotatable bonds is 6. The molecule has 3 nitrogen and oxygen atoms in total. The molecule has 16 heavy (non-hydrogen) atoms. The Balaban J connectivity index is 2.16. The number of pyridine rings is 1. The van der Waals surface area contributed by atoms with Gasteiger partial charge in [-0.2, -0.15) is 0 Å². The van der Waals surface area contributed by atoms with Crippen molar-refractivity contribution in [3.63, 3.8) is 0 Å². The van der Waals surface area contributed by atoms with Gasteiger partial charge >= 0.3 is 0 Å². The van der Waals surface area contributed by atoms with E-state index in [9.17, 15) is 4.79 Å². The summed E-state index contributed by atoms with van der Waals surface area (Å²) in [5.74, 6) is 0.752. The van der Waals surface area contributed by atoms with Crippen molar-refractivity contribution in [1.29, 1.82) is 0 Å². The number of hydrogen-bond acceptors (Lipinski definition) is 2. The molecule has 0 aromatic carbocycles. The van der Waals surface area contributed by atoms with Crippen LogP contribution in [0.15, 0.2) is 24.4 Å². The van der Waals surface area contributed by atoms with Gasteiger partial charge in [-0.05, 0) is 30.9 Å². The summed E-state index contributed by atoms with van der Waals surface area (Å²) in [4.78, 5) is 15.6. The standard InChI is InChI=1S/C13H20N2O/c1-11(2)8-10-15-13(16)7-6-12-5-3-4-9-14-12/h3-5,9,11H,6-8,10H2,1-2H3,(H,15,16). The summed E-state index contributed by atoms with van der Waals surface area (Å²) < 4.78 is 0. The van der Waals surface area contributed by atoms with Gasteiger partial charge in [0, 0.05) is 24.9 Å². The summed E-state index contributed by atoms with van der Waals surface area (Å²) in [7, 11) is 0. The molecule has 0 spiro atoms. The Bertz CT molecular complexity index is 309. The highest BCUT2D eigenvalue weighted by Crippen LogP contribution is 1.99. The zero-order chi connectivity index (χ0) is 11.8. The van der Waals surface area contributed by atoms with Crippen LogP contribution >= 0.6 is 0 Å². The molecule has 1 heterocycles. The second kappa shape index (κ2) is 6.99. The summed E-state index contributed by atoms with van der Waals surface area (Å²) >= 11 is 0. The largest absolute Gasteiger partial charge is 0.356 e. The number of amides is 1. The Kier molecular flexibility index (Phi) is 5.54. The third kappa shape index (κ3) is 5.49. The van der Waals surface area contributed by atoms with Crippen LogP contribution in [-0.4, -0.2) is 17.4 Å². The van der Waals surface area contributed by atoms with Gasteiger partial charge in [0.1, 0.15) is 0 Å². The molecule has 0 aliphatic carbocycles. The molecule has 0 saturated heterocycles. The Morgan fingerprint density at radius 1 is 1.44 bits per heavy atom. The molecule has 0 unspecified atom stereocenters. The molecule has 0 radical (unpaired) electrons. The lowest BCUT2D eigenvalue weighted by molar-refractivity contribution is -0.121. The third-order valence-electron chi connectivity index (χ3n) is 2.38. The second-order valence-electron chi connectivity index (χ2n) is 4.35. The van der Waals surface area contributed by atoms with Crippen molar-refractivity contribution in [2.24, 2.45) is 5.92 Å². The molecule has 1 aromatic rings. The van der Waals surface area contributed by atoms with Gasteiger partial charge in [0.15, 0.2) is 0 Å². The third-order valence-corrected chi connectivity index (χ3v) is 2.38. The molecular weight excluding hydrogens is 200 g/mol. The molecule has 1 amide bonds. The van der Waals surface area contributed by atoms with Crippen LogP contribution in [0.1, 0.15) is 32.4 Å². The van der Waals surface area contributed by atoms with E-state index >= 15 is 0 Å². The molecule has 0 atom stereocenters. The molecule has 0 aliphatic rings. The predicted octanol–water partition coefficient (Wildman–Crippen LogP) is 2.18. The van der Waals surface area contributed by atoms with Gasteiger partial charge in [-0.15, -0.1) is 0 Å². The van der Waals surface area contributed by atoms with E-state index in [-0.39, 0.29) is 5.91 Å². The number of aryl methyl sites for hydroxylation is 1. The van der Waals surface area contributed by atoms with Crippen LogP contribution < -0.4 is 5.32 Å². The average molecular weight is 220 g/mol. The minimum atomic E-state index is 0.117. The van der Waals surface area contributed by atoms with Crippen LogP contribution in [0.4, 0.5) is 0 Å². The Morgan fingerprint density at radius 2 is 2.25 bits per heavy atom. The fourth-order valence-corrected chi connectivity index (χ4v) is 1.38. The zero-order valence-electron chi connectivity index (χ0n) is 10.1. The van der Waals surface area contributed by atoms with Gasteiger partial charge < -0.3 is 5.32 Å². The SMILES string of the molecule is CC(C)CCNC(=O)CCc1ccccn1. The minimum absolute atomic E-state index is 0.117. The number of carbonyl (C=O) groups excluding carboxylic acids is 1. The highest BCUT2D eigenvalue weighted by molar-refractivity contribution is 5.76. The fourth-order valence-electron chi connectivity index (χ4n) is 1.38. The first-order chi connectivity index (χ1) is 7.68. The van der Waals surface area contributed by atoms with Crippen molar-refractivity contribution < 1.29 is 4.79 Å². The number of aromatic nitrogens is 1. The van der Waals surface area contributed by atoms with Crippen LogP contribution in [0.5, 0.6) is 0 Å². The van der Waals surface area contributed by atoms with E-state index in [2.05, 4.69) is 24.1 Å². The highest BCUT2D eigenvalue weighted by atomic mass is 16.1. The quantitative estimate of drug-likeness (QED) is 0.798. The summed E-state index contributed by atoms with van der Waals surface area (Å²) in [6.07, 6.45) is 4.03. The molecule has 0 saturated carbocycles. The molecule has 1 aromatic heterocycles. The van der Waals surface area contributed by atoms with E-state index in [1.165, 1.54) is 0 Å². The summed E-state index contributed by atoms with van der Waals surface area (Å²) in [5.41, 5.74) is 0.974. The molecule has 1 rings (SSSR count). The fraction of sp³-hybridized carbons (Fsp3) is 0.538. The summed E-state index contributed by atoms with van der Waals surface area (Å²) in [6.45, 7) is 5.08. The van der Waals surface area contributed by atoms with Crippen molar-refractivity contribution in [3.05, 3.63) is 30.1 Å². The van der Waals surface area contributed by atoms with Gasteiger partial charge in [0.05, 0.1) is 0 Å². The topological polar surface area (TPSA) is 42.0 Å². The highest BCUT2D eigenvalue weighted by Gasteiger charge is 2.02. The lowest BCUT2D eigenvalue weighted by Gasteiger charge is -2.06. The number of hydrogen-bond donors (Lipinski definition) is 1. The maximum atomic E-state index is 11.5. The van der Waals surface area contributed by atoms with E-state index in [0.717, 1.165) is 18.7 Å². The normalized spacial score (nSPS) is 10.4. The Hall–Kier alpha value is -1.38. The lowest BCUT2D eigenvalue weighted by Crippen LogP contribution is -2.25. The van der Waals surface area contributed by atoms with Gasteiger partial charge in [0.25, 0.3) is 0 Å². The van der Waals surface area contributed by atoms with Crippen LogP contribution in [0.2, 0.25) is 0 Å². The van der Waals surface area contributed by atoms with Gasteiger partial charge in [-0.1, -0.05) is 19.9 Å². The predicted molar refractivity (Wildman–Crippen MR) is 65.0 cm³/mol. The maximum absolute atomic E-state index is 11.5. The molecule has 0 bridgehead atoms. The zero-order valence-corrected chi connectivity index (χ0v) is 10.1. The number of nitrogens with zero attached hydrogens (tertiary/aromatic N) is 1. The van der Waals surface area contributed by atoms with Crippen molar-refractivity contribution in [2.75, 3.05) is 6.54 Å². The van der Waals surface area contributed by atoms with Crippen molar-refractivity contribution in [2.45, 2.75) is 33.1 Å². The maximum Gasteiger partial charge on any atom is 0.220 e. The van der Waals surface area contributed by atoms with Gasteiger partial charge in [-0.25, -0.2) is 0 Å². The minimum Gasteiger partial charge on any atom is -0.356 e. The van der Waals surface area contributed by atoms with Crippen molar-refractivity contribution >= 4 is 5.91 Å². The Morgan fingerprint density at radius 3 is 2.88 bits per heavy atom. The summed E-state index contributed by atoms with van der Waals surface area (Å²) in [6, 6.07) is 5.77. The van der Waals surface area contributed by atoms with Crippen molar-refractivity contribution in [3.8, 4) is 0 Å². The van der Waals surface area contributed by atoms with Crippen LogP contribution in [0, 0.1) is 5.92 Å². The van der Waals surface area contributed by atoms with Crippen LogP contribution in [-0.2, 0) is 11.2 Å². The molecule has 3 heteroatoms. The molecule has 88 valence electrons. The summed E-state index contributed by atoms with van der Waals surface area (Å²) in [5, 5.41) is 2.92. The first-order valence-electron chi connectivity index (χ1n) is 5.85.